The van der Waals surface area contributed by atoms with Gasteiger partial charge in [-0.3, -0.25) is 4.79 Å². The zero-order valence-electron chi connectivity index (χ0n) is 12.2. The summed E-state index contributed by atoms with van der Waals surface area (Å²) in [5.41, 5.74) is 1.16. The first-order valence-corrected chi connectivity index (χ1v) is 8.43. The maximum absolute atomic E-state index is 14.0. The second-order valence-electron chi connectivity index (χ2n) is 5.49. The Morgan fingerprint density at radius 2 is 2.27 bits per heavy atom. The van der Waals surface area contributed by atoms with Gasteiger partial charge in [0.1, 0.15) is 5.82 Å². The fourth-order valence-corrected chi connectivity index (χ4v) is 3.24. The molecule has 3 nitrogen and oxygen atoms in total. The molecule has 1 fully saturated rings. The SMILES string of the molecule is Cc1nc(CC(=O)N(Cc2c(F)cccc2Cl)C2CC2)cs1. The van der Waals surface area contributed by atoms with Gasteiger partial charge in [-0.05, 0) is 31.9 Å². The molecule has 1 aliphatic rings. The zero-order valence-corrected chi connectivity index (χ0v) is 13.8. The van der Waals surface area contributed by atoms with Crippen molar-refractivity contribution < 1.29 is 9.18 Å². The average molecular weight is 339 g/mol. The van der Waals surface area contributed by atoms with Crippen LogP contribution in [0, 0.1) is 12.7 Å². The van der Waals surface area contributed by atoms with Crippen molar-refractivity contribution in [1.82, 2.24) is 9.88 Å². The summed E-state index contributed by atoms with van der Waals surface area (Å²) in [6.45, 7) is 2.13. The van der Waals surface area contributed by atoms with E-state index in [4.69, 9.17) is 11.6 Å². The van der Waals surface area contributed by atoms with E-state index < -0.39 is 0 Å². The molecule has 0 bridgehead atoms. The Bertz CT molecular complexity index is 679. The number of rotatable bonds is 5. The number of carbonyl (C=O) groups is 1. The van der Waals surface area contributed by atoms with E-state index in [0.717, 1.165) is 23.5 Å². The number of thiazole rings is 1. The van der Waals surface area contributed by atoms with Crippen LogP contribution in [0.4, 0.5) is 4.39 Å². The van der Waals surface area contributed by atoms with E-state index in [9.17, 15) is 9.18 Å². The van der Waals surface area contributed by atoms with Crippen molar-refractivity contribution in [3.8, 4) is 0 Å². The fraction of sp³-hybridized carbons (Fsp3) is 0.375. The molecule has 116 valence electrons. The van der Waals surface area contributed by atoms with Crippen LogP contribution in [0.25, 0.3) is 0 Å². The van der Waals surface area contributed by atoms with Crippen molar-refractivity contribution in [1.29, 1.82) is 0 Å². The molecular formula is C16H16ClFN2OS. The summed E-state index contributed by atoms with van der Waals surface area (Å²) in [4.78, 5) is 18.6. The Kier molecular flexibility index (Phi) is 4.45. The molecule has 1 saturated carbocycles. The second kappa shape index (κ2) is 6.34. The summed E-state index contributed by atoms with van der Waals surface area (Å²) in [6, 6.07) is 4.80. The normalized spacial score (nSPS) is 14.1. The predicted octanol–water partition coefficient (Wildman–Crippen LogP) is 3.98. The first-order chi connectivity index (χ1) is 10.5. The summed E-state index contributed by atoms with van der Waals surface area (Å²) < 4.78 is 14.0. The van der Waals surface area contributed by atoms with Gasteiger partial charge in [0.05, 0.1) is 23.7 Å². The highest BCUT2D eigenvalue weighted by Gasteiger charge is 2.33. The Balaban J connectivity index is 1.77. The highest BCUT2D eigenvalue weighted by Crippen LogP contribution is 2.31. The number of aromatic nitrogens is 1. The number of nitrogens with zero attached hydrogens (tertiary/aromatic N) is 2. The number of carbonyl (C=O) groups excluding carboxylic acids is 1. The van der Waals surface area contributed by atoms with Crippen LogP contribution in [0.2, 0.25) is 5.02 Å². The van der Waals surface area contributed by atoms with E-state index in [1.54, 1.807) is 17.0 Å². The highest BCUT2D eigenvalue weighted by molar-refractivity contribution is 7.09. The molecule has 1 heterocycles. The fourth-order valence-electron chi connectivity index (χ4n) is 2.41. The van der Waals surface area contributed by atoms with Gasteiger partial charge < -0.3 is 4.90 Å². The van der Waals surface area contributed by atoms with Gasteiger partial charge in [0, 0.05) is 22.0 Å². The van der Waals surface area contributed by atoms with Crippen LogP contribution in [-0.2, 0) is 17.8 Å². The van der Waals surface area contributed by atoms with Crippen molar-refractivity contribution in [2.24, 2.45) is 0 Å². The number of amides is 1. The summed E-state index contributed by atoms with van der Waals surface area (Å²) in [7, 11) is 0. The van der Waals surface area contributed by atoms with Gasteiger partial charge in [-0.2, -0.15) is 0 Å². The van der Waals surface area contributed by atoms with Crippen LogP contribution >= 0.6 is 22.9 Å². The van der Waals surface area contributed by atoms with E-state index in [1.165, 1.54) is 17.4 Å². The minimum absolute atomic E-state index is 0.0212. The smallest absolute Gasteiger partial charge is 0.229 e. The minimum atomic E-state index is -0.365. The molecule has 0 spiro atoms. The molecule has 6 heteroatoms. The van der Waals surface area contributed by atoms with E-state index in [-0.39, 0.29) is 30.7 Å². The molecular weight excluding hydrogens is 323 g/mol. The summed E-state index contributed by atoms with van der Waals surface area (Å²) >= 11 is 7.61. The second-order valence-corrected chi connectivity index (χ2v) is 6.96. The number of hydrogen-bond donors (Lipinski definition) is 0. The van der Waals surface area contributed by atoms with E-state index in [2.05, 4.69) is 4.98 Å². The van der Waals surface area contributed by atoms with Gasteiger partial charge in [-0.15, -0.1) is 11.3 Å². The summed E-state index contributed by atoms with van der Waals surface area (Å²) in [5, 5.41) is 3.20. The summed E-state index contributed by atoms with van der Waals surface area (Å²) in [6.07, 6.45) is 2.19. The van der Waals surface area contributed by atoms with Gasteiger partial charge in [0.2, 0.25) is 5.91 Å². The van der Waals surface area contributed by atoms with Crippen LogP contribution in [0.5, 0.6) is 0 Å². The number of benzene rings is 1. The zero-order chi connectivity index (χ0) is 15.7. The number of aryl methyl sites for hydroxylation is 1. The lowest BCUT2D eigenvalue weighted by molar-refractivity contribution is -0.131. The highest BCUT2D eigenvalue weighted by atomic mass is 35.5. The van der Waals surface area contributed by atoms with Gasteiger partial charge in [-0.25, -0.2) is 9.37 Å². The van der Waals surface area contributed by atoms with Crippen molar-refractivity contribution in [3.63, 3.8) is 0 Å². The van der Waals surface area contributed by atoms with Crippen LogP contribution in [0.15, 0.2) is 23.6 Å². The molecule has 2 aromatic rings. The summed E-state index contributed by atoms with van der Waals surface area (Å²) in [5.74, 6) is -0.387. The predicted molar refractivity (Wildman–Crippen MR) is 85.5 cm³/mol. The Hall–Kier alpha value is -1.46. The van der Waals surface area contributed by atoms with E-state index in [1.807, 2.05) is 12.3 Å². The molecule has 0 saturated heterocycles. The van der Waals surface area contributed by atoms with Gasteiger partial charge in [-0.1, -0.05) is 17.7 Å². The number of halogens is 2. The molecule has 0 atom stereocenters. The van der Waals surface area contributed by atoms with Crippen molar-refractivity contribution in [2.75, 3.05) is 0 Å². The molecule has 1 amide bonds. The maximum Gasteiger partial charge on any atom is 0.229 e. The lowest BCUT2D eigenvalue weighted by Crippen LogP contribution is -2.34. The molecule has 0 radical (unpaired) electrons. The molecule has 22 heavy (non-hydrogen) atoms. The minimum Gasteiger partial charge on any atom is -0.335 e. The van der Waals surface area contributed by atoms with Crippen LogP contribution in [0.1, 0.15) is 29.1 Å². The third kappa shape index (κ3) is 3.47. The molecule has 0 aliphatic heterocycles. The topological polar surface area (TPSA) is 33.2 Å². The third-order valence-electron chi connectivity index (χ3n) is 3.70. The van der Waals surface area contributed by atoms with E-state index >= 15 is 0 Å². The first-order valence-electron chi connectivity index (χ1n) is 7.18. The largest absolute Gasteiger partial charge is 0.335 e. The quantitative estimate of drug-likeness (QED) is 0.826. The van der Waals surface area contributed by atoms with Crippen molar-refractivity contribution in [2.45, 2.75) is 38.8 Å². The third-order valence-corrected chi connectivity index (χ3v) is 4.87. The van der Waals surface area contributed by atoms with E-state index in [0.29, 0.717) is 10.6 Å². The lowest BCUT2D eigenvalue weighted by Gasteiger charge is -2.23. The van der Waals surface area contributed by atoms with Crippen LogP contribution < -0.4 is 0 Å². The van der Waals surface area contributed by atoms with Gasteiger partial charge in [0.15, 0.2) is 0 Å². The average Bonchev–Trinajstić information content (AvgIpc) is 3.22. The maximum atomic E-state index is 14.0. The standard InChI is InChI=1S/C16H16ClFN2OS/c1-10-19-11(9-22-10)7-16(21)20(12-5-6-12)8-13-14(17)3-2-4-15(13)18/h2-4,9,12H,5-8H2,1H3. The Morgan fingerprint density at radius 1 is 1.50 bits per heavy atom. The molecule has 0 unspecified atom stereocenters. The van der Waals surface area contributed by atoms with Crippen LogP contribution in [-0.4, -0.2) is 21.8 Å². The molecule has 3 rings (SSSR count). The monoisotopic (exact) mass is 338 g/mol. The molecule has 0 N–H and O–H groups in total. The lowest BCUT2D eigenvalue weighted by atomic mass is 10.1. The first kappa shape index (κ1) is 15.4. The van der Waals surface area contributed by atoms with Crippen molar-refractivity contribution in [3.05, 3.63) is 50.7 Å². The van der Waals surface area contributed by atoms with Gasteiger partial charge >= 0.3 is 0 Å². The molecule has 1 aromatic carbocycles. The number of hydrogen-bond acceptors (Lipinski definition) is 3. The Morgan fingerprint density at radius 3 is 2.86 bits per heavy atom. The van der Waals surface area contributed by atoms with Crippen LogP contribution in [0.3, 0.4) is 0 Å². The van der Waals surface area contributed by atoms with Crippen molar-refractivity contribution >= 4 is 28.8 Å². The Labute approximate surface area is 137 Å². The molecule has 1 aliphatic carbocycles. The molecule has 1 aromatic heterocycles. The van der Waals surface area contributed by atoms with Gasteiger partial charge in [0.25, 0.3) is 0 Å².